The van der Waals surface area contributed by atoms with E-state index in [1.807, 2.05) is 13.8 Å². The maximum Gasteiger partial charge on any atom is 0.306 e. The minimum Gasteiger partial charge on any atom is -0.481 e. The van der Waals surface area contributed by atoms with Crippen LogP contribution in [0.25, 0.3) is 0 Å². The molecule has 0 fully saturated rings. The molecule has 0 rings (SSSR count). The second-order valence-electron chi connectivity index (χ2n) is 3.76. The summed E-state index contributed by atoms with van der Waals surface area (Å²) >= 11 is 0. The van der Waals surface area contributed by atoms with E-state index in [1.165, 1.54) is 0 Å². The fourth-order valence-corrected chi connectivity index (χ4v) is 1.15. The molecule has 2 N–H and O–H groups in total. The lowest BCUT2D eigenvalue weighted by Crippen LogP contribution is -2.19. The Bertz CT molecular complexity index is 143. The summed E-state index contributed by atoms with van der Waals surface area (Å²) < 4.78 is 0. The molecule has 0 aromatic rings. The number of rotatable bonds is 5. The summed E-state index contributed by atoms with van der Waals surface area (Å²) in [5, 5.41) is 17.9. The first-order valence-corrected chi connectivity index (χ1v) is 4.34. The summed E-state index contributed by atoms with van der Waals surface area (Å²) in [4.78, 5) is 10.4. The maximum atomic E-state index is 10.4. The Morgan fingerprint density at radius 3 is 2.08 bits per heavy atom. The quantitative estimate of drug-likeness (QED) is 0.664. The van der Waals surface area contributed by atoms with Crippen LogP contribution in [0.2, 0.25) is 0 Å². The smallest absolute Gasteiger partial charge is 0.306 e. The van der Waals surface area contributed by atoms with Gasteiger partial charge in [0.25, 0.3) is 0 Å². The predicted octanol–water partition coefficient (Wildman–Crippen LogP) is 1.50. The van der Waals surface area contributed by atoms with Gasteiger partial charge in [-0.25, -0.2) is 0 Å². The van der Waals surface area contributed by atoms with Crippen molar-refractivity contribution in [2.24, 2.45) is 11.8 Å². The Hall–Kier alpha value is -0.570. The molecule has 3 heteroatoms. The summed E-state index contributed by atoms with van der Waals surface area (Å²) in [6.45, 7) is 5.63. The number of hydrogen-bond donors (Lipinski definition) is 2. The third-order valence-corrected chi connectivity index (χ3v) is 1.79. The van der Waals surface area contributed by atoms with E-state index in [0.717, 1.165) is 0 Å². The average molecular weight is 174 g/mol. The van der Waals surface area contributed by atoms with Crippen LogP contribution in [0.15, 0.2) is 0 Å². The van der Waals surface area contributed by atoms with Crippen molar-refractivity contribution in [3.8, 4) is 0 Å². The molecule has 0 amide bonds. The molecule has 0 aliphatic rings. The molecule has 0 heterocycles. The summed E-state index contributed by atoms with van der Waals surface area (Å²) in [7, 11) is 0. The number of carboxylic acids is 1. The highest BCUT2D eigenvalue weighted by Gasteiger charge is 2.16. The Labute approximate surface area is 73.4 Å². The molecule has 0 spiro atoms. The summed E-state index contributed by atoms with van der Waals surface area (Å²) in [5.74, 6) is -0.863. The lowest BCUT2D eigenvalue weighted by molar-refractivity contribution is -0.142. The molecule has 0 radical (unpaired) electrons. The van der Waals surface area contributed by atoms with E-state index in [4.69, 9.17) is 5.11 Å². The van der Waals surface area contributed by atoms with Crippen LogP contribution in [-0.2, 0) is 4.79 Å². The van der Waals surface area contributed by atoms with Gasteiger partial charge in [-0.2, -0.15) is 0 Å². The molecule has 0 saturated carbocycles. The Morgan fingerprint density at radius 2 is 1.75 bits per heavy atom. The van der Waals surface area contributed by atoms with E-state index < -0.39 is 18.0 Å². The molecule has 0 aliphatic heterocycles. The third-order valence-electron chi connectivity index (χ3n) is 1.79. The van der Waals surface area contributed by atoms with Crippen molar-refractivity contribution in [3.05, 3.63) is 0 Å². The van der Waals surface area contributed by atoms with Gasteiger partial charge < -0.3 is 10.2 Å². The number of carbonyl (C=O) groups is 1. The minimum absolute atomic E-state index is 0.355. The van der Waals surface area contributed by atoms with Crippen LogP contribution in [0.5, 0.6) is 0 Å². The fourth-order valence-electron chi connectivity index (χ4n) is 1.15. The molecule has 72 valence electrons. The second kappa shape index (κ2) is 5.14. The van der Waals surface area contributed by atoms with Crippen molar-refractivity contribution >= 4 is 5.97 Å². The average Bonchev–Trinajstić information content (AvgIpc) is 1.84. The predicted molar refractivity (Wildman–Crippen MR) is 46.9 cm³/mol. The number of hydrogen-bond acceptors (Lipinski definition) is 2. The van der Waals surface area contributed by atoms with Crippen molar-refractivity contribution in [2.45, 2.75) is 39.7 Å². The molecular formula is C9H18O3. The van der Waals surface area contributed by atoms with Crippen LogP contribution in [0.3, 0.4) is 0 Å². The van der Waals surface area contributed by atoms with Crippen molar-refractivity contribution in [2.75, 3.05) is 0 Å². The van der Waals surface area contributed by atoms with Gasteiger partial charge in [0.15, 0.2) is 0 Å². The van der Waals surface area contributed by atoms with Crippen molar-refractivity contribution in [1.82, 2.24) is 0 Å². The molecule has 0 aromatic heterocycles. The third kappa shape index (κ3) is 5.13. The largest absolute Gasteiger partial charge is 0.481 e. The zero-order valence-electron chi connectivity index (χ0n) is 7.95. The van der Waals surface area contributed by atoms with Crippen molar-refractivity contribution in [3.63, 3.8) is 0 Å². The van der Waals surface area contributed by atoms with Crippen LogP contribution in [0.1, 0.15) is 33.6 Å². The van der Waals surface area contributed by atoms with Crippen LogP contribution in [0, 0.1) is 11.8 Å². The molecule has 0 saturated heterocycles. The van der Waals surface area contributed by atoms with Crippen molar-refractivity contribution in [1.29, 1.82) is 0 Å². The van der Waals surface area contributed by atoms with E-state index in [-0.39, 0.29) is 0 Å². The SMILES string of the molecule is CC(C)CC(O)CC(C)C(=O)O. The molecule has 0 bridgehead atoms. The molecule has 0 aliphatic carbocycles. The Morgan fingerprint density at radius 1 is 1.25 bits per heavy atom. The van der Waals surface area contributed by atoms with Gasteiger partial charge >= 0.3 is 5.97 Å². The zero-order valence-corrected chi connectivity index (χ0v) is 7.95. The number of carboxylic acid groups (broad SMARTS) is 1. The van der Waals surface area contributed by atoms with E-state index in [1.54, 1.807) is 6.92 Å². The number of aliphatic hydroxyl groups excluding tert-OH is 1. The lowest BCUT2D eigenvalue weighted by atomic mass is 9.97. The highest BCUT2D eigenvalue weighted by Crippen LogP contribution is 2.13. The molecule has 2 unspecified atom stereocenters. The Balaban J connectivity index is 3.68. The van der Waals surface area contributed by atoms with Gasteiger partial charge in [0.05, 0.1) is 12.0 Å². The van der Waals surface area contributed by atoms with Gasteiger partial charge in [-0.05, 0) is 18.8 Å². The first kappa shape index (κ1) is 11.4. The van der Waals surface area contributed by atoms with Crippen LogP contribution in [-0.4, -0.2) is 22.3 Å². The summed E-state index contributed by atoms with van der Waals surface area (Å²) in [5.41, 5.74) is 0. The molecule has 0 aromatic carbocycles. The highest BCUT2D eigenvalue weighted by molar-refractivity contribution is 5.69. The van der Waals surface area contributed by atoms with E-state index >= 15 is 0 Å². The van der Waals surface area contributed by atoms with Gasteiger partial charge in [0.1, 0.15) is 0 Å². The number of aliphatic carboxylic acids is 1. The summed E-state index contributed by atoms with van der Waals surface area (Å²) in [6, 6.07) is 0. The van der Waals surface area contributed by atoms with E-state index in [2.05, 4.69) is 0 Å². The first-order chi connectivity index (χ1) is 5.43. The number of aliphatic hydroxyl groups is 1. The minimum atomic E-state index is -0.835. The molecule has 3 nitrogen and oxygen atoms in total. The van der Waals surface area contributed by atoms with Crippen LogP contribution >= 0.6 is 0 Å². The molecule has 2 atom stereocenters. The lowest BCUT2D eigenvalue weighted by Gasteiger charge is -2.14. The van der Waals surface area contributed by atoms with Crippen molar-refractivity contribution < 1.29 is 15.0 Å². The monoisotopic (exact) mass is 174 g/mol. The standard InChI is InChI=1S/C9H18O3/c1-6(2)4-8(10)5-7(3)9(11)12/h6-8,10H,4-5H2,1-3H3,(H,11,12). The van der Waals surface area contributed by atoms with Gasteiger partial charge in [-0.3, -0.25) is 4.79 Å². The van der Waals surface area contributed by atoms with Gasteiger partial charge in [0.2, 0.25) is 0 Å². The van der Waals surface area contributed by atoms with Gasteiger partial charge in [0, 0.05) is 0 Å². The second-order valence-corrected chi connectivity index (χ2v) is 3.76. The normalized spacial score (nSPS) is 16.1. The van der Waals surface area contributed by atoms with Gasteiger partial charge in [-0.15, -0.1) is 0 Å². The first-order valence-electron chi connectivity index (χ1n) is 4.34. The van der Waals surface area contributed by atoms with E-state index in [0.29, 0.717) is 18.8 Å². The summed E-state index contributed by atoms with van der Waals surface area (Å²) in [6.07, 6.45) is 0.557. The van der Waals surface area contributed by atoms with Crippen LogP contribution in [0.4, 0.5) is 0 Å². The maximum absolute atomic E-state index is 10.4. The zero-order chi connectivity index (χ0) is 9.72. The highest BCUT2D eigenvalue weighted by atomic mass is 16.4. The topological polar surface area (TPSA) is 57.5 Å². The van der Waals surface area contributed by atoms with Crippen LogP contribution < -0.4 is 0 Å². The van der Waals surface area contributed by atoms with E-state index in [9.17, 15) is 9.90 Å². The fraction of sp³-hybridized carbons (Fsp3) is 0.889. The van der Waals surface area contributed by atoms with Gasteiger partial charge in [-0.1, -0.05) is 20.8 Å². The Kier molecular flexibility index (Phi) is 4.90. The molecular weight excluding hydrogens is 156 g/mol. The molecule has 12 heavy (non-hydrogen) atoms.